The Kier molecular flexibility index (Phi) is 5.17. The lowest BCUT2D eigenvalue weighted by Gasteiger charge is -2.31. The molecule has 2 heteroatoms. The van der Waals surface area contributed by atoms with Crippen molar-refractivity contribution in [3.05, 3.63) is 34.9 Å². The summed E-state index contributed by atoms with van der Waals surface area (Å²) in [5.74, 6) is 1.05. The van der Waals surface area contributed by atoms with Gasteiger partial charge in [-0.1, -0.05) is 50.7 Å². The fourth-order valence-corrected chi connectivity index (χ4v) is 4.49. The molecule has 0 unspecified atom stereocenters. The molecule has 2 fully saturated rings. The number of ether oxygens (including phenoxy) is 1. The lowest BCUT2D eigenvalue weighted by Crippen LogP contribution is -2.17. The van der Waals surface area contributed by atoms with E-state index in [1.165, 1.54) is 82.4 Å². The highest BCUT2D eigenvalue weighted by molar-refractivity contribution is 5.91. The van der Waals surface area contributed by atoms with Crippen LogP contribution in [0.1, 0.15) is 97.5 Å². The molecule has 1 aromatic rings. The summed E-state index contributed by atoms with van der Waals surface area (Å²) >= 11 is 0. The fourth-order valence-electron chi connectivity index (χ4n) is 4.49. The second kappa shape index (κ2) is 7.30. The minimum Gasteiger partial charge on any atom is -0.465 e. The Morgan fingerprint density at radius 1 is 0.909 bits per heavy atom. The van der Waals surface area contributed by atoms with E-state index in [1.54, 1.807) is 0 Å². The molecule has 1 aromatic carbocycles. The first kappa shape index (κ1) is 15.6. The summed E-state index contributed by atoms with van der Waals surface area (Å²) in [4.78, 5) is 12.3. The van der Waals surface area contributed by atoms with E-state index in [4.69, 9.17) is 4.74 Å². The summed E-state index contributed by atoms with van der Waals surface area (Å²) < 4.78 is 5.07. The molecule has 0 heterocycles. The quantitative estimate of drug-likeness (QED) is 0.682. The number of carbonyl (C=O) groups excluding carboxylic acids is 1. The zero-order valence-electron chi connectivity index (χ0n) is 13.8. The van der Waals surface area contributed by atoms with Crippen LogP contribution in [0.4, 0.5) is 0 Å². The third-order valence-corrected chi connectivity index (χ3v) is 5.60. The van der Waals surface area contributed by atoms with Gasteiger partial charge in [-0.15, -0.1) is 0 Å². The maximum Gasteiger partial charge on any atom is 0.338 e. The van der Waals surface area contributed by atoms with Crippen LogP contribution in [0.15, 0.2) is 18.2 Å². The maximum absolute atomic E-state index is 12.3. The van der Waals surface area contributed by atoms with Crippen molar-refractivity contribution in [2.45, 2.75) is 76.0 Å². The second-order valence-corrected chi connectivity index (χ2v) is 6.97. The second-order valence-electron chi connectivity index (χ2n) is 6.97. The van der Waals surface area contributed by atoms with Crippen molar-refractivity contribution >= 4 is 5.97 Å². The van der Waals surface area contributed by atoms with Gasteiger partial charge in [0.1, 0.15) is 0 Å². The Morgan fingerprint density at radius 2 is 1.50 bits per heavy atom. The van der Waals surface area contributed by atoms with Crippen LogP contribution in [0.3, 0.4) is 0 Å². The molecule has 0 N–H and O–H groups in total. The van der Waals surface area contributed by atoms with Crippen molar-refractivity contribution in [3.63, 3.8) is 0 Å². The van der Waals surface area contributed by atoms with Gasteiger partial charge in [0.05, 0.1) is 12.7 Å². The van der Waals surface area contributed by atoms with Crippen LogP contribution in [0.5, 0.6) is 0 Å². The monoisotopic (exact) mass is 300 g/mol. The minimum atomic E-state index is -0.154. The summed E-state index contributed by atoms with van der Waals surface area (Å²) in [6.07, 6.45) is 13.0. The van der Waals surface area contributed by atoms with Gasteiger partial charge in [-0.25, -0.2) is 4.79 Å². The SMILES string of the molecule is COC(=O)c1cccc(C2CCCCC2)c1C1CCCCC1. The number of hydrogen-bond donors (Lipinski definition) is 0. The predicted octanol–water partition coefficient (Wildman–Crippen LogP) is 5.57. The van der Waals surface area contributed by atoms with Crippen molar-refractivity contribution in [2.75, 3.05) is 7.11 Å². The standard InChI is InChI=1S/C20H28O2/c1-22-20(21)18-14-8-13-17(15-9-4-2-5-10-15)19(18)16-11-6-3-7-12-16/h8,13-16H,2-7,9-12H2,1H3. The van der Waals surface area contributed by atoms with E-state index in [1.807, 2.05) is 6.07 Å². The molecule has 0 radical (unpaired) electrons. The molecule has 2 nitrogen and oxygen atoms in total. The van der Waals surface area contributed by atoms with Crippen LogP contribution in [0.2, 0.25) is 0 Å². The summed E-state index contributed by atoms with van der Waals surface area (Å²) in [6.45, 7) is 0. The lowest BCUT2D eigenvalue weighted by atomic mass is 9.74. The largest absolute Gasteiger partial charge is 0.465 e. The number of methoxy groups -OCH3 is 1. The molecule has 0 saturated heterocycles. The summed E-state index contributed by atoms with van der Waals surface area (Å²) in [7, 11) is 1.50. The third kappa shape index (κ3) is 3.21. The van der Waals surface area contributed by atoms with Crippen molar-refractivity contribution < 1.29 is 9.53 Å². The van der Waals surface area contributed by atoms with Crippen LogP contribution in [0, 0.1) is 0 Å². The van der Waals surface area contributed by atoms with Gasteiger partial charge < -0.3 is 4.74 Å². The Hall–Kier alpha value is -1.31. The van der Waals surface area contributed by atoms with E-state index >= 15 is 0 Å². The molecular weight excluding hydrogens is 272 g/mol. The minimum absolute atomic E-state index is 0.154. The van der Waals surface area contributed by atoms with E-state index < -0.39 is 0 Å². The Balaban J connectivity index is 2.01. The molecule has 2 aliphatic rings. The molecule has 2 aliphatic carbocycles. The van der Waals surface area contributed by atoms with Crippen molar-refractivity contribution in [1.29, 1.82) is 0 Å². The van der Waals surface area contributed by atoms with Crippen LogP contribution >= 0.6 is 0 Å². The molecule has 2 saturated carbocycles. The molecule has 0 aromatic heterocycles. The first-order valence-corrected chi connectivity index (χ1v) is 9.02. The summed E-state index contributed by atoms with van der Waals surface area (Å²) in [5.41, 5.74) is 3.62. The predicted molar refractivity (Wildman–Crippen MR) is 89.4 cm³/mol. The van der Waals surface area contributed by atoms with Crippen LogP contribution < -0.4 is 0 Å². The fraction of sp³-hybridized carbons (Fsp3) is 0.650. The van der Waals surface area contributed by atoms with Crippen molar-refractivity contribution in [1.82, 2.24) is 0 Å². The normalized spacial score (nSPS) is 20.8. The van der Waals surface area contributed by atoms with Gasteiger partial charge in [0.2, 0.25) is 0 Å². The molecule has 0 spiro atoms. The van der Waals surface area contributed by atoms with E-state index in [0.29, 0.717) is 11.8 Å². The van der Waals surface area contributed by atoms with E-state index in [0.717, 1.165) is 5.56 Å². The first-order valence-electron chi connectivity index (χ1n) is 9.02. The average molecular weight is 300 g/mol. The van der Waals surface area contributed by atoms with E-state index in [2.05, 4.69) is 12.1 Å². The maximum atomic E-state index is 12.3. The van der Waals surface area contributed by atoms with Gasteiger partial charge in [-0.3, -0.25) is 0 Å². The molecule has 0 amide bonds. The van der Waals surface area contributed by atoms with Gasteiger partial charge in [-0.2, -0.15) is 0 Å². The Morgan fingerprint density at radius 3 is 2.09 bits per heavy atom. The van der Waals surface area contributed by atoms with E-state index in [9.17, 15) is 4.79 Å². The van der Waals surface area contributed by atoms with Crippen LogP contribution in [0.25, 0.3) is 0 Å². The van der Waals surface area contributed by atoms with Crippen LogP contribution in [-0.2, 0) is 4.74 Å². The van der Waals surface area contributed by atoms with Gasteiger partial charge in [-0.05, 0) is 54.7 Å². The summed E-state index contributed by atoms with van der Waals surface area (Å²) in [6, 6.07) is 6.32. The van der Waals surface area contributed by atoms with Gasteiger partial charge in [0.25, 0.3) is 0 Å². The van der Waals surface area contributed by atoms with E-state index in [-0.39, 0.29) is 5.97 Å². The molecular formula is C20H28O2. The lowest BCUT2D eigenvalue weighted by molar-refractivity contribution is 0.0598. The smallest absolute Gasteiger partial charge is 0.338 e. The topological polar surface area (TPSA) is 26.3 Å². The molecule has 0 atom stereocenters. The molecule has 0 aliphatic heterocycles. The number of carbonyl (C=O) groups is 1. The molecule has 3 rings (SSSR count). The van der Waals surface area contributed by atoms with Crippen molar-refractivity contribution in [2.24, 2.45) is 0 Å². The number of esters is 1. The number of hydrogen-bond acceptors (Lipinski definition) is 2. The zero-order valence-corrected chi connectivity index (χ0v) is 13.8. The molecule has 120 valence electrons. The van der Waals surface area contributed by atoms with Gasteiger partial charge in [0.15, 0.2) is 0 Å². The average Bonchev–Trinajstić information content (AvgIpc) is 2.62. The highest BCUT2D eigenvalue weighted by Gasteiger charge is 2.28. The number of rotatable bonds is 3. The third-order valence-electron chi connectivity index (χ3n) is 5.60. The Labute approximate surface area is 134 Å². The van der Waals surface area contributed by atoms with Gasteiger partial charge in [0, 0.05) is 0 Å². The van der Waals surface area contributed by atoms with Crippen molar-refractivity contribution in [3.8, 4) is 0 Å². The highest BCUT2D eigenvalue weighted by atomic mass is 16.5. The highest BCUT2D eigenvalue weighted by Crippen LogP contribution is 2.42. The zero-order chi connectivity index (χ0) is 15.4. The van der Waals surface area contributed by atoms with Crippen LogP contribution in [-0.4, -0.2) is 13.1 Å². The molecule has 0 bridgehead atoms. The first-order chi connectivity index (χ1) is 10.8. The van der Waals surface area contributed by atoms with Gasteiger partial charge >= 0.3 is 5.97 Å². The number of benzene rings is 1. The summed E-state index contributed by atoms with van der Waals surface area (Å²) in [5, 5.41) is 0. The Bertz CT molecular complexity index is 508. The molecule has 22 heavy (non-hydrogen) atoms.